The van der Waals surface area contributed by atoms with Crippen molar-refractivity contribution in [3.05, 3.63) is 415 Å². The largest absolute Gasteiger partial charge is 0.457 e. The number of rotatable bonds is 16. The van der Waals surface area contributed by atoms with Gasteiger partial charge in [-0.15, -0.1) is 0 Å². The van der Waals surface area contributed by atoms with Gasteiger partial charge in [-0.2, -0.15) is 0 Å². The van der Waals surface area contributed by atoms with Crippen LogP contribution in [0.5, 0.6) is 11.5 Å². The molecule has 16 aromatic rings. The zero-order valence-corrected chi connectivity index (χ0v) is 81.8. The molecule has 7 aliphatic carbocycles. The van der Waals surface area contributed by atoms with Crippen molar-refractivity contribution in [3.8, 4) is 44.9 Å². The van der Waals surface area contributed by atoms with Crippen LogP contribution in [0.15, 0.2) is 376 Å². The fourth-order valence-electron chi connectivity index (χ4n) is 31.4. The quantitative estimate of drug-likeness (QED) is 0.0706. The molecule has 4 atom stereocenters. The molecule has 142 heavy (non-hydrogen) atoms. The summed E-state index contributed by atoms with van der Waals surface area (Å²) in [5.74, 6) is 6.25. The summed E-state index contributed by atoms with van der Waals surface area (Å²) in [5.41, 5.74) is 40.0. The van der Waals surface area contributed by atoms with Gasteiger partial charge in [-0.05, 0) is 229 Å². The predicted octanol–water partition coefficient (Wildman–Crippen LogP) is 31.5. The van der Waals surface area contributed by atoms with Crippen LogP contribution < -0.4 is 62.0 Å². The van der Waals surface area contributed by atoms with Gasteiger partial charge in [-0.25, -0.2) is 0 Å². The number of hydrogen-bond donors (Lipinski definition) is 0. The summed E-state index contributed by atoms with van der Waals surface area (Å²) in [6.07, 6.45) is 33.7. The highest BCUT2D eigenvalue weighted by Gasteiger charge is 2.59. The molecule has 0 bridgehead atoms. The van der Waals surface area contributed by atoms with Crippen molar-refractivity contribution in [3.63, 3.8) is 0 Å². The molecule has 12 aliphatic rings. The highest BCUT2D eigenvalue weighted by molar-refractivity contribution is 7.01. The van der Waals surface area contributed by atoms with Gasteiger partial charge in [0.25, 0.3) is 13.4 Å². The smallest absolute Gasteiger partial charge is 0.252 e. The van der Waals surface area contributed by atoms with E-state index in [1.807, 2.05) is 0 Å². The highest BCUT2D eigenvalue weighted by Crippen LogP contribution is 2.66. The maximum absolute atomic E-state index is 8.94. The Morgan fingerprint density at radius 2 is 0.620 bits per heavy atom. The lowest BCUT2D eigenvalue weighted by molar-refractivity contribution is 0.0839. The number of nitrogens with zero attached hydrogens (tertiary/aromatic N) is 5. The van der Waals surface area contributed by atoms with Gasteiger partial charge in [0.05, 0.1) is 22.5 Å². The molecule has 16 aromatic carbocycles. The lowest BCUT2D eigenvalue weighted by Crippen LogP contribution is -2.65. The minimum atomic E-state index is -0.879. The van der Waals surface area contributed by atoms with E-state index in [1.165, 1.54) is 329 Å². The molecule has 6 nitrogen and oxygen atoms in total. The lowest BCUT2D eigenvalue weighted by atomic mass is 9.32. The second kappa shape index (κ2) is 36.1. The maximum atomic E-state index is 8.94. The Morgan fingerprint density at radius 3 is 1.11 bits per heavy atom. The van der Waals surface area contributed by atoms with E-state index in [-0.39, 0.29) is 31.4 Å². The van der Waals surface area contributed by atoms with E-state index in [1.54, 1.807) is 0 Å². The van der Waals surface area contributed by atoms with Crippen LogP contribution in [0.25, 0.3) is 33.4 Å². The van der Waals surface area contributed by atoms with Crippen LogP contribution in [0, 0.1) is 47.3 Å². The summed E-state index contributed by atoms with van der Waals surface area (Å²) in [7, 11) is 0. The zero-order valence-electron chi connectivity index (χ0n) is 81.8. The fraction of sp³-hybridized carbons (Fsp3) is 0.284. The van der Waals surface area contributed by atoms with Crippen molar-refractivity contribution < 1.29 is 4.74 Å². The predicted molar refractivity (Wildman–Crippen MR) is 595 cm³/mol. The minimum absolute atomic E-state index is 0.0579. The highest BCUT2D eigenvalue weighted by atomic mass is 16.5. The summed E-state index contributed by atoms with van der Waals surface area (Å²) in [5, 5.41) is 0. The Balaban J connectivity index is 0.758. The third kappa shape index (κ3) is 14.0. The van der Waals surface area contributed by atoms with Gasteiger partial charge in [0.1, 0.15) is 11.5 Å². The molecule has 0 N–H and O–H groups in total. The second-order valence-corrected chi connectivity index (χ2v) is 44.1. The van der Waals surface area contributed by atoms with Crippen LogP contribution in [0.3, 0.4) is 0 Å². The van der Waals surface area contributed by atoms with Gasteiger partial charge in [-0.3, -0.25) is 0 Å². The van der Waals surface area contributed by atoms with Gasteiger partial charge in [-0.1, -0.05) is 432 Å². The third-order valence-corrected chi connectivity index (χ3v) is 37.1. The number of ether oxygens (including phenoxy) is 1. The van der Waals surface area contributed by atoms with Crippen LogP contribution >= 0.6 is 0 Å². The average Bonchev–Trinajstić information content (AvgIpc) is 1.47. The van der Waals surface area contributed by atoms with Crippen molar-refractivity contribution in [1.82, 2.24) is 0 Å². The summed E-state index contributed by atoms with van der Waals surface area (Å²) in [6, 6.07) is 149. The van der Waals surface area contributed by atoms with E-state index in [2.05, 4.69) is 401 Å². The Hall–Kier alpha value is -13.6. The van der Waals surface area contributed by atoms with E-state index < -0.39 is 5.41 Å². The molecule has 0 radical (unpaired) electrons. The van der Waals surface area contributed by atoms with Crippen molar-refractivity contribution >= 4 is 120 Å². The van der Waals surface area contributed by atoms with Gasteiger partial charge in [0.2, 0.25) is 0 Å². The third-order valence-electron chi connectivity index (χ3n) is 37.1. The molecule has 698 valence electrons. The molecule has 28 rings (SSSR count). The molecule has 5 heterocycles. The van der Waals surface area contributed by atoms with Crippen molar-refractivity contribution in [1.29, 1.82) is 0 Å². The van der Waals surface area contributed by atoms with Crippen LogP contribution in [0.1, 0.15) is 212 Å². The van der Waals surface area contributed by atoms with E-state index in [9.17, 15) is 0 Å². The topological polar surface area (TPSA) is 25.4 Å². The molecule has 1 spiro atoms. The van der Waals surface area contributed by atoms with Crippen molar-refractivity contribution in [2.24, 2.45) is 47.3 Å². The summed E-state index contributed by atoms with van der Waals surface area (Å²) in [4.78, 5) is 14.5. The number of benzene rings is 16. The number of fused-ring (bicyclic) bond motifs is 17. The van der Waals surface area contributed by atoms with Crippen LogP contribution in [-0.2, 0) is 5.41 Å². The van der Waals surface area contributed by atoms with Gasteiger partial charge in [0.15, 0.2) is 0 Å². The maximum Gasteiger partial charge on any atom is 0.252 e. The molecule has 6 saturated carbocycles. The monoisotopic (exact) mass is 1840 g/mol. The molecule has 0 amide bonds. The molecule has 8 heteroatoms. The Kier molecular flexibility index (Phi) is 22.0. The van der Waals surface area contributed by atoms with Crippen molar-refractivity contribution in [2.75, 3.05) is 24.5 Å². The molecular formula is C134H125B2N5O. The van der Waals surface area contributed by atoms with Gasteiger partial charge < -0.3 is 29.2 Å². The number of para-hydroxylation sites is 6. The summed E-state index contributed by atoms with van der Waals surface area (Å²) >= 11 is 0. The van der Waals surface area contributed by atoms with E-state index in [0.29, 0.717) is 47.3 Å². The van der Waals surface area contributed by atoms with Crippen LogP contribution in [0.2, 0.25) is 0 Å². The molecule has 4 unspecified atom stereocenters. The Morgan fingerprint density at radius 1 is 0.254 bits per heavy atom. The molecule has 6 fully saturated rings. The summed E-state index contributed by atoms with van der Waals surface area (Å²) in [6.45, 7) is -0.381. The van der Waals surface area contributed by atoms with Gasteiger partial charge >= 0.3 is 0 Å². The average molecular weight is 1840 g/mol. The van der Waals surface area contributed by atoms with E-state index >= 15 is 0 Å². The first-order valence-electron chi connectivity index (χ1n) is 54.8. The first kappa shape index (κ1) is 86.3. The first-order valence-corrected chi connectivity index (χ1v) is 54.8. The second-order valence-electron chi connectivity index (χ2n) is 44.1. The minimum Gasteiger partial charge on any atom is -0.457 e. The SMILES string of the molecule is c1ccc(-c2ccccc2N(c2ccccc2)c2cc3c4c(c2)N(C2C(C5CCCCC5)CCCC2C2CCCCC2)c2cc5c(cc2B4c2ccccc2N3c2ccccc2-c2ccccc2)C2(c3cc4c(cc3O5)N(C3C(C5CCCCC5)CCCC3C3CCCCC3)c3cc(C(c5ccccc5)c5ccccc5)cc5c3B4c3ccccc3N5c3ccccc3)c3ccccc3-c3ccccc32)cc1. The standard InChI is InChI=1S/C134H125B2N5O/c1-11-45-89(46-12-1)101-65-33-39-77-117(101)137(98-61-27-9-28-62-98)100-83-125-131-126(84-100)141(133-105(93-53-19-5-20-54-93)71-44-72-106(133)94-55-21-6-22-56-94)122-88-128-112(86-116(122)136(131)114-76-38-42-80-120(114)139(125)118-78-40-34-66-102(118)90-47-13-2-14-48-90)134(109-73-35-31-67-107(109)108-68-32-36-74-110(108)134)111-85-115-121(87-127(111)142-128)140(132-103(91-49-15-3-16-50-91)69-43-70-104(132)92-51-17-4-18-52-92)124-82-97(129(95-57-23-7-24-58-95)96-59-25-8-26-60-96)81-123-130(124)135(115)113-75-37-41-79-119(113)138(123)99-63-29-10-30-64-99/h1-2,7-14,23-42,45-48,57-68,73-88,91-94,103-106,129,132-133H,3-6,15-22,43-44,49-56,69-72H2. The molecule has 5 aliphatic heterocycles. The molecule has 0 saturated heterocycles. The Bertz CT molecular complexity index is 7290. The zero-order chi connectivity index (χ0) is 93.5. The number of anilines is 13. The lowest BCUT2D eigenvalue weighted by Gasteiger charge is -2.55. The van der Waals surface area contributed by atoms with Crippen LogP contribution in [-0.4, -0.2) is 25.5 Å². The first-order chi connectivity index (χ1) is 70.5. The van der Waals surface area contributed by atoms with Crippen LogP contribution in [0.4, 0.5) is 73.9 Å². The van der Waals surface area contributed by atoms with Gasteiger partial charge in [0, 0.05) is 109 Å². The number of hydrogen-bond acceptors (Lipinski definition) is 6. The van der Waals surface area contributed by atoms with Crippen molar-refractivity contribution in [2.45, 2.75) is 190 Å². The van der Waals surface area contributed by atoms with E-state index in [0.717, 1.165) is 28.6 Å². The van der Waals surface area contributed by atoms with E-state index in [4.69, 9.17) is 4.74 Å². The Labute approximate surface area is 841 Å². The molecule has 0 aromatic heterocycles. The fourth-order valence-corrected chi connectivity index (χ4v) is 31.4. The molecular weight excluding hydrogens is 1720 g/mol. The normalized spacial score (nSPS) is 20.9. The summed E-state index contributed by atoms with van der Waals surface area (Å²) < 4.78 is 8.94.